The van der Waals surface area contributed by atoms with Crippen LogP contribution in [0.1, 0.15) is 38.2 Å². The van der Waals surface area contributed by atoms with Crippen molar-refractivity contribution in [3.05, 3.63) is 33.8 Å². The first-order valence-electron chi connectivity index (χ1n) is 6.34. The van der Waals surface area contributed by atoms with Gasteiger partial charge in [-0.25, -0.2) is 0 Å². The molecule has 0 aliphatic heterocycles. The quantitative estimate of drug-likeness (QED) is 0.836. The highest BCUT2D eigenvalue weighted by Gasteiger charge is 2.25. The molecule has 2 nitrogen and oxygen atoms in total. The van der Waals surface area contributed by atoms with E-state index in [0.717, 1.165) is 18.4 Å². The Morgan fingerprint density at radius 2 is 1.94 bits per heavy atom. The molecule has 1 aromatic rings. The molecule has 0 aliphatic carbocycles. The summed E-state index contributed by atoms with van der Waals surface area (Å²) in [5, 5.41) is 11.4. The Morgan fingerprint density at radius 1 is 1.28 bits per heavy atom. The molecule has 0 aliphatic rings. The van der Waals surface area contributed by atoms with E-state index in [4.69, 9.17) is 28.9 Å². The SMILES string of the molecule is CCCC(C)C(O)C(CN)c1ccc(Cl)c(Cl)c1. The Morgan fingerprint density at radius 3 is 2.44 bits per heavy atom. The van der Waals surface area contributed by atoms with Gasteiger partial charge in [0.15, 0.2) is 0 Å². The first kappa shape index (κ1) is 15.8. The monoisotopic (exact) mass is 289 g/mol. The summed E-state index contributed by atoms with van der Waals surface area (Å²) in [5.74, 6) is 0.124. The molecule has 0 saturated heterocycles. The highest BCUT2D eigenvalue weighted by Crippen LogP contribution is 2.30. The second-order valence-electron chi connectivity index (χ2n) is 4.77. The van der Waals surface area contributed by atoms with Crippen molar-refractivity contribution in [1.29, 1.82) is 0 Å². The minimum Gasteiger partial charge on any atom is -0.392 e. The lowest BCUT2D eigenvalue weighted by atomic mass is 9.85. The molecule has 0 amide bonds. The maximum atomic E-state index is 10.4. The maximum absolute atomic E-state index is 10.4. The minimum absolute atomic E-state index is 0.0960. The lowest BCUT2D eigenvalue weighted by molar-refractivity contribution is 0.0859. The molecular formula is C14H21Cl2NO. The van der Waals surface area contributed by atoms with E-state index in [1.165, 1.54) is 0 Å². The van der Waals surface area contributed by atoms with Gasteiger partial charge in [0, 0.05) is 12.5 Å². The van der Waals surface area contributed by atoms with E-state index in [1.54, 1.807) is 12.1 Å². The van der Waals surface area contributed by atoms with E-state index >= 15 is 0 Å². The van der Waals surface area contributed by atoms with Crippen molar-refractivity contribution in [3.63, 3.8) is 0 Å². The van der Waals surface area contributed by atoms with E-state index in [1.807, 2.05) is 13.0 Å². The molecule has 3 N–H and O–H groups in total. The third kappa shape index (κ3) is 3.86. The lowest BCUT2D eigenvalue weighted by Gasteiger charge is -2.27. The Bertz CT molecular complexity index is 384. The number of nitrogens with two attached hydrogens (primary N) is 1. The molecule has 0 aromatic heterocycles. The number of halogens is 2. The number of hydrogen-bond donors (Lipinski definition) is 2. The molecule has 4 heteroatoms. The number of hydrogen-bond acceptors (Lipinski definition) is 2. The number of rotatable bonds is 6. The van der Waals surface area contributed by atoms with Crippen LogP contribution in [-0.4, -0.2) is 17.8 Å². The highest BCUT2D eigenvalue weighted by atomic mass is 35.5. The van der Waals surface area contributed by atoms with E-state index in [9.17, 15) is 5.11 Å². The molecule has 102 valence electrons. The van der Waals surface area contributed by atoms with Gasteiger partial charge in [-0.15, -0.1) is 0 Å². The summed E-state index contributed by atoms with van der Waals surface area (Å²) in [7, 11) is 0. The summed E-state index contributed by atoms with van der Waals surface area (Å²) in [5.41, 5.74) is 6.74. The van der Waals surface area contributed by atoms with Crippen molar-refractivity contribution in [3.8, 4) is 0 Å². The second-order valence-corrected chi connectivity index (χ2v) is 5.59. The van der Waals surface area contributed by atoms with Gasteiger partial charge in [-0.05, 0) is 30.0 Å². The average molecular weight is 290 g/mol. The first-order chi connectivity index (χ1) is 8.51. The summed E-state index contributed by atoms with van der Waals surface area (Å²) in [6.45, 7) is 4.56. The summed E-state index contributed by atoms with van der Waals surface area (Å²) in [6, 6.07) is 5.43. The van der Waals surface area contributed by atoms with Gasteiger partial charge in [-0.2, -0.15) is 0 Å². The Balaban J connectivity index is 2.91. The minimum atomic E-state index is -0.452. The fourth-order valence-corrected chi connectivity index (χ4v) is 2.54. The molecular weight excluding hydrogens is 269 g/mol. The Hall–Kier alpha value is -0.280. The standard InChI is InChI=1S/C14H21Cl2NO/c1-3-4-9(2)14(18)11(8-17)10-5-6-12(15)13(16)7-10/h5-7,9,11,14,18H,3-4,8,17H2,1-2H3. The van der Waals surface area contributed by atoms with Crippen LogP contribution in [0.4, 0.5) is 0 Å². The second kappa shape index (κ2) is 7.34. The van der Waals surface area contributed by atoms with Crippen LogP contribution in [0.15, 0.2) is 18.2 Å². The van der Waals surface area contributed by atoms with Gasteiger partial charge in [0.25, 0.3) is 0 Å². The van der Waals surface area contributed by atoms with Gasteiger partial charge in [-0.3, -0.25) is 0 Å². The summed E-state index contributed by atoms with van der Waals surface area (Å²) < 4.78 is 0. The van der Waals surface area contributed by atoms with E-state index in [2.05, 4.69) is 6.92 Å². The van der Waals surface area contributed by atoms with Gasteiger partial charge in [0.05, 0.1) is 16.1 Å². The number of aliphatic hydroxyl groups is 1. The van der Waals surface area contributed by atoms with E-state index in [0.29, 0.717) is 16.6 Å². The van der Waals surface area contributed by atoms with Crippen molar-refractivity contribution in [1.82, 2.24) is 0 Å². The van der Waals surface area contributed by atoms with Crippen LogP contribution in [0.2, 0.25) is 10.0 Å². The smallest absolute Gasteiger partial charge is 0.0646 e. The van der Waals surface area contributed by atoms with Crippen molar-refractivity contribution < 1.29 is 5.11 Å². The van der Waals surface area contributed by atoms with Crippen molar-refractivity contribution in [2.75, 3.05) is 6.54 Å². The highest BCUT2D eigenvalue weighted by molar-refractivity contribution is 6.42. The maximum Gasteiger partial charge on any atom is 0.0646 e. The van der Waals surface area contributed by atoms with Crippen LogP contribution in [0.3, 0.4) is 0 Å². The van der Waals surface area contributed by atoms with Gasteiger partial charge in [0.1, 0.15) is 0 Å². The van der Waals surface area contributed by atoms with E-state index in [-0.39, 0.29) is 11.8 Å². The summed E-state index contributed by atoms with van der Waals surface area (Å²) in [4.78, 5) is 0. The zero-order chi connectivity index (χ0) is 13.7. The van der Waals surface area contributed by atoms with Crippen molar-refractivity contribution >= 4 is 23.2 Å². The van der Waals surface area contributed by atoms with Crippen LogP contribution in [0.25, 0.3) is 0 Å². The van der Waals surface area contributed by atoms with E-state index < -0.39 is 6.10 Å². The molecule has 0 radical (unpaired) electrons. The Kier molecular flexibility index (Phi) is 6.44. The largest absolute Gasteiger partial charge is 0.392 e. The number of benzene rings is 1. The summed E-state index contributed by atoms with van der Waals surface area (Å²) in [6.07, 6.45) is 1.59. The third-order valence-corrected chi connectivity index (χ3v) is 4.10. The molecule has 0 spiro atoms. The van der Waals surface area contributed by atoms with Crippen molar-refractivity contribution in [2.45, 2.75) is 38.7 Å². The number of aliphatic hydroxyl groups excluding tert-OH is 1. The molecule has 18 heavy (non-hydrogen) atoms. The van der Waals surface area contributed by atoms with Crippen molar-refractivity contribution in [2.24, 2.45) is 11.7 Å². The first-order valence-corrected chi connectivity index (χ1v) is 7.09. The van der Waals surface area contributed by atoms with Crippen LogP contribution in [0.5, 0.6) is 0 Å². The van der Waals surface area contributed by atoms with Gasteiger partial charge in [-0.1, -0.05) is 49.5 Å². The molecule has 3 unspecified atom stereocenters. The third-order valence-electron chi connectivity index (χ3n) is 3.37. The van der Waals surface area contributed by atoms with Gasteiger partial charge in [0.2, 0.25) is 0 Å². The average Bonchev–Trinajstić information content (AvgIpc) is 2.34. The molecule has 0 saturated carbocycles. The van der Waals surface area contributed by atoms with Gasteiger partial charge < -0.3 is 10.8 Å². The molecule has 0 fully saturated rings. The fraction of sp³-hybridized carbons (Fsp3) is 0.571. The predicted molar refractivity (Wildman–Crippen MR) is 78.3 cm³/mol. The topological polar surface area (TPSA) is 46.2 Å². The molecule has 1 rings (SSSR count). The zero-order valence-electron chi connectivity index (χ0n) is 10.9. The van der Waals surface area contributed by atoms with Crippen LogP contribution < -0.4 is 5.73 Å². The zero-order valence-corrected chi connectivity index (χ0v) is 12.4. The Labute approximate surface area is 119 Å². The normalized spacial score (nSPS) is 16.3. The molecule has 1 aromatic carbocycles. The van der Waals surface area contributed by atoms with Crippen LogP contribution in [0, 0.1) is 5.92 Å². The molecule has 0 bridgehead atoms. The predicted octanol–water partition coefficient (Wildman–Crippen LogP) is 3.83. The van der Waals surface area contributed by atoms with Gasteiger partial charge >= 0.3 is 0 Å². The summed E-state index contributed by atoms with van der Waals surface area (Å²) >= 11 is 11.9. The van der Waals surface area contributed by atoms with Crippen LogP contribution >= 0.6 is 23.2 Å². The molecule has 0 heterocycles. The van der Waals surface area contributed by atoms with Crippen LogP contribution in [-0.2, 0) is 0 Å². The lowest BCUT2D eigenvalue weighted by Crippen LogP contribution is -2.31. The molecule has 3 atom stereocenters. The fourth-order valence-electron chi connectivity index (χ4n) is 2.24.